The highest BCUT2D eigenvalue weighted by Gasteiger charge is 2.31. The molecule has 2 aromatic carbocycles. The minimum Gasteiger partial charge on any atom is -0.494 e. The van der Waals surface area contributed by atoms with Gasteiger partial charge >= 0.3 is 6.36 Å². The quantitative estimate of drug-likeness (QED) is 0.320. The van der Waals surface area contributed by atoms with Gasteiger partial charge < -0.3 is 25.2 Å². The third-order valence-corrected chi connectivity index (χ3v) is 4.13. The van der Waals surface area contributed by atoms with Crippen LogP contribution >= 0.6 is 0 Å². The molecular formula is C21H20F4N4O3. The Hall–Kier alpha value is -3.60. The molecule has 0 radical (unpaired) electrons. The zero-order valence-corrected chi connectivity index (χ0v) is 16.9. The van der Waals surface area contributed by atoms with Gasteiger partial charge in [0.25, 0.3) is 0 Å². The first-order chi connectivity index (χ1) is 15.3. The summed E-state index contributed by atoms with van der Waals surface area (Å²) in [5.41, 5.74) is 1.03. The Morgan fingerprint density at radius 2 is 1.88 bits per heavy atom. The molecule has 0 unspecified atom stereocenters. The fourth-order valence-corrected chi connectivity index (χ4v) is 2.76. The van der Waals surface area contributed by atoms with Crippen LogP contribution in [0.4, 0.5) is 35.0 Å². The molecule has 0 spiro atoms. The summed E-state index contributed by atoms with van der Waals surface area (Å²) in [6.07, 6.45) is -4.39. The Balaban J connectivity index is 1.94. The number of aliphatic hydroxyl groups is 1. The van der Waals surface area contributed by atoms with E-state index in [0.29, 0.717) is 29.9 Å². The molecule has 170 valence electrons. The van der Waals surface area contributed by atoms with E-state index in [1.54, 1.807) is 12.1 Å². The number of rotatable bonds is 9. The number of halogens is 4. The summed E-state index contributed by atoms with van der Waals surface area (Å²) in [5, 5.41) is 14.9. The molecule has 0 atom stereocenters. The van der Waals surface area contributed by atoms with Gasteiger partial charge in [-0.2, -0.15) is 4.98 Å². The molecule has 1 heterocycles. The van der Waals surface area contributed by atoms with Crippen LogP contribution < -0.4 is 20.1 Å². The lowest BCUT2D eigenvalue weighted by Gasteiger charge is -2.13. The number of hydrogen-bond acceptors (Lipinski definition) is 7. The fraction of sp³-hybridized carbons (Fsp3) is 0.238. The highest BCUT2D eigenvalue weighted by atomic mass is 19.4. The Morgan fingerprint density at radius 3 is 2.56 bits per heavy atom. The van der Waals surface area contributed by atoms with Gasteiger partial charge in [-0.3, -0.25) is 0 Å². The minimum absolute atomic E-state index is 0.0419. The molecule has 11 heteroatoms. The summed E-state index contributed by atoms with van der Waals surface area (Å²) in [7, 11) is 1.35. The molecule has 0 aliphatic carbocycles. The number of hydrogen-bond donors (Lipinski definition) is 3. The monoisotopic (exact) mass is 452 g/mol. The third kappa shape index (κ3) is 6.45. The van der Waals surface area contributed by atoms with Gasteiger partial charge in [-0.15, -0.1) is 13.2 Å². The number of benzene rings is 2. The molecule has 0 fully saturated rings. The largest absolute Gasteiger partial charge is 0.573 e. The van der Waals surface area contributed by atoms with E-state index in [2.05, 4.69) is 25.3 Å². The van der Waals surface area contributed by atoms with Gasteiger partial charge in [0.1, 0.15) is 11.6 Å². The van der Waals surface area contributed by atoms with Crippen LogP contribution in [0.15, 0.2) is 48.5 Å². The Morgan fingerprint density at radius 1 is 1.06 bits per heavy atom. The number of nitrogens with one attached hydrogen (secondary N) is 2. The van der Waals surface area contributed by atoms with Crippen molar-refractivity contribution in [2.75, 3.05) is 30.9 Å². The Kier molecular flexibility index (Phi) is 7.31. The maximum atomic E-state index is 14.0. The topological polar surface area (TPSA) is 88.5 Å². The number of aliphatic hydroxyl groups excluding tert-OH is 1. The molecule has 3 rings (SSSR count). The van der Waals surface area contributed by atoms with Gasteiger partial charge in [0.15, 0.2) is 11.6 Å². The number of ether oxygens (including phenoxy) is 2. The maximum Gasteiger partial charge on any atom is 0.573 e. The molecule has 0 aliphatic rings. The molecular weight excluding hydrogens is 432 g/mol. The predicted octanol–water partition coefficient (Wildman–Crippen LogP) is 4.73. The van der Waals surface area contributed by atoms with Crippen molar-refractivity contribution >= 4 is 17.5 Å². The normalized spacial score (nSPS) is 11.2. The van der Waals surface area contributed by atoms with Crippen molar-refractivity contribution in [3.05, 3.63) is 54.3 Å². The lowest BCUT2D eigenvalue weighted by atomic mass is 10.1. The molecule has 0 bridgehead atoms. The lowest BCUT2D eigenvalue weighted by molar-refractivity contribution is -0.274. The summed E-state index contributed by atoms with van der Waals surface area (Å²) >= 11 is 0. The molecule has 1 aromatic heterocycles. The number of methoxy groups -OCH3 is 1. The van der Waals surface area contributed by atoms with E-state index in [1.807, 2.05) is 0 Å². The van der Waals surface area contributed by atoms with Crippen LogP contribution in [0.3, 0.4) is 0 Å². The molecule has 32 heavy (non-hydrogen) atoms. The maximum absolute atomic E-state index is 14.0. The second-order valence-corrected chi connectivity index (χ2v) is 6.52. The summed E-state index contributed by atoms with van der Waals surface area (Å²) in [4.78, 5) is 8.63. The number of anilines is 3. The van der Waals surface area contributed by atoms with E-state index in [0.717, 1.165) is 0 Å². The molecule has 0 saturated heterocycles. The number of alkyl halides is 3. The Labute approximate surface area is 181 Å². The van der Waals surface area contributed by atoms with Crippen molar-refractivity contribution in [3.63, 3.8) is 0 Å². The van der Waals surface area contributed by atoms with Crippen LogP contribution in [0.1, 0.15) is 6.42 Å². The first kappa shape index (κ1) is 23.1. The zero-order chi connectivity index (χ0) is 23.1. The van der Waals surface area contributed by atoms with Gasteiger partial charge in [-0.05, 0) is 30.7 Å². The minimum atomic E-state index is -4.83. The lowest BCUT2D eigenvalue weighted by Crippen LogP contribution is -2.17. The average Bonchev–Trinajstić information content (AvgIpc) is 2.73. The zero-order valence-electron chi connectivity index (χ0n) is 16.9. The molecule has 7 nitrogen and oxygen atoms in total. The van der Waals surface area contributed by atoms with E-state index < -0.39 is 17.9 Å². The van der Waals surface area contributed by atoms with Gasteiger partial charge in [-0.25, -0.2) is 9.37 Å². The standard InChI is InChI=1S/C21H20F4N4O3/c1-31-18-7-6-14(11-16(18)22)27-19-12-17(28-20(29-19)26-8-3-9-30)13-4-2-5-15(10-13)32-21(23,24)25/h2,4-7,10-12,30H,3,8-9H2,1H3,(H2,26,27,28,29). The third-order valence-electron chi connectivity index (χ3n) is 4.13. The second kappa shape index (κ2) is 10.1. The highest BCUT2D eigenvalue weighted by Crippen LogP contribution is 2.30. The smallest absolute Gasteiger partial charge is 0.494 e. The van der Waals surface area contributed by atoms with Gasteiger partial charge in [0.05, 0.1) is 12.8 Å². The van der Waals surface area contributed by atoms with Crippen LogP contribution in [0.25, 0.3) is 11.3 Å². The molecule has 0 saturated carbocycles. The van der Waals surface area contributed by atoms with Gasteiger partial charge in [0.2, 0.25) is 5.95 Å². The van der Waals surface area contributed by atoms with E-state index in [4.69, 9.17) is 9.84 Å². The van der Waals surface area contributed by atoms with Crippen LogP contribution in [-0.2, 0) is 0 Å². The van der Waals surface area contributed by atoms with E-state index >= 15 is 0 Å². The fourth-order valence-electron chi connectivity index (χ4n) is 2.76. The number of nitrogens with zero attached hydrogens (tertiary/aromatic N) is 2. The first-order valence-electron chi connectivity index (χ1n) is 9.48. The summed E-state index contributed by atoms with van der Waals surface area (Å²) in [5.74, 6) is -0.449. The molecule has 3 aromatic rings. The van der Waals surface area contributed by atoms with E-state index in [1.165, 1.54) is 43.5 Å². The Bertz CT molecular complexity index is 1060. The van der Waals surface area contributed by atoms with Crippen molar-refractivity contribution in [1.82, 2.24) is 9.97 Å². The van der Waals surface area contributed by atoms with Gasteiger partial charge in [-0.1, -0.05) is 12.1 Å². The molecule has 0 amide bonds. The van der Waals surface area contributed by atoms with Crippen LogP contribution in [-0.4, -0.2) is 41.7 Å². The van der Waals surface area contributed by atoms with Crippen LogP contribution in [0, 0.1) is 5.82 Å². The van der Waals surface area contributed by atoms with Crippen molar-refractivity contribution in [1.29, 1.82) is 0 Å². The summed E-state index contributed by atoms with van der Waals surface area (Å²) < 4.78 is 60.6. The van der Waals surface area contributed by atoms with E-state index in [9.17, 15) is 17.6 Å². The first-order valence-corrected chi connectivity index (χ1v) is 9.48. The summed E-state index contributed by atoms with van der Waals surface area (Å²) in [6.45, 7) is 0.327. The van der Waals surface area contributed by atoms with Crippen LogP contribution in [0.2, 0.25) is 0 Å². The number of aromatic nitrogens is 2. The molecule has 3 N–H and O–H groups in total. The average molecular weight is 452 g/mol. The second-order valence-electron chi connectivity index (χ2n) is 6.52. The highest BCUT2D eigenvalue weighted by molar-refractivity contribution is 5.68. The van der Waals surface area contributed by atoms with Crippen LogP contribution in [0.5, 0.6) is 11.5 Å². The van der Waals surface area contributed by atoms with Crippen molar-refractivity contribution in [2.45, 2.75) is 12.8 Å². The summed E-state index contributed by atoms with van der Waals surface area (Å²) in [6, 6.07) is 11.1. The van der Waals surface area contributed by atoms with Crippen molar-refractivity contribution < 1.29 is 32.1 Å². The molecule has 0 aliphatic heterocycles. The predicted molar refractivity (Wildman–Crippen MR) is 111 cm³/mol. The van der Waals surface area contributed by atoms with E-state index in [-0.39, 0.29) is 24.1 Å². The van der Waals surface area contributed by atoms with Crippen molar-refractivity contribution in [3.8, 4) is 22.8 Å². The van der Waals surface area contributed by atoms with Gasteiger partial charge in [0, 0.05) is 36.5 Å². The van der Waals surface area contributed by atoms with Crippen molar-refractivity contribution in [2.24, 2.45) is 0 Å². The SMILES string of the molecule is COc1ccc(Nc2cc(-c3cccc(OC(F)(F)F)c3)nc(NCCCO)n2)cc1F.